The van der Waals surface area contributed by atoms with Gasteiger partial charge in [-0.15, -0.1) is 0 Å². The Bertz CT molecular complexity index is 857. The molecule has 0 amide bonds. The molecule has 0 saturated carbocycles. The summed E-state index contributed by atoms with van der Waals surface area (Å²) in [7, 11) is 0. The molecule has 1 atom stereocenters. The third-order valence-electron chi connectivity index (χ3n) is 4.59. The van der Waals surface area contributed by atoms with Crippen LogP contribution >= 0.6 is 0 Å². The van der Waals surface area contributed by atoms with Gasteiger partial charge < -0.3 is 4.90 Å². The van der Waals surface area contributed by atoms with Crippen molar-refractivity contribution in [1.29, 1.82) is 0 Å². The molecule has 3 aromatic rings. The quantitative estimate of drug-likeness (QED) is 0.736. The van der Waals surface area contributed by atoms with Crippen LogP contribution in [-0.2, 0) is 0 Å². The molecule has 0 radical (unpaired) electrons. The van der Waals surface area contributed by atoms with Gasteiger partial charge in [-0.3, -0.25) is 9.67 Å². The number of hydrogen-bond donors (Lipinski definition) is 0. The second-order valence-corrected chi connectivity index (χ2v) is 6.67. The van der Waals surface area contributed by atoms with Crippen LogP contribution in [0.1, 0.15) is 30.1 Å². The lowest BCUT2D eigenvalue weighted by Crippen LogP contribution is -2.37. The van der Waals surface area contributed by atoms with Gasteiger partial charge in [0.25, 0.3) is 0 Å². The molecule has 0 spiro atoms. The summed E-state index contributed by atoms with van der Waals surface area (Å²) in [5.41, 5.74) is 3.12. The highest BCUT2D eigenvalue weighted by molar-refractivity contribution is 5.56. The van der Waals surface area contributed by atoms with E-state index < -0.39 is 0 Å². The van der Waals surface area contributed by atoms with E-state index in [0.29, 0.717) is 6.04 Å². The Morgan fingerprint density at radius 1 is 1.16 bits per heavy atom. The number of hydrogen-bond acceptors (Lipinski definition) is 5. The van der Waals surface area contributed by atoms with E-state index in [1.807, 2.05) is 31.5 Å². The van der Waals surface area contributed by atoms with E-state index in [4.69, 9.17) is 4.98 Å². The molecule has 128 valence electrons. The number of rotatable bonds is 3. The molecular formula is C19H22N6. The van der Waals surface area contributed by atoms with Crippen LogP contribution in [0.15, 0.2) is 43.0 Å². The van der Waals surface area contributed by atoms with Gasteiger partial charge in [0.1, 0.15) is 5.82 Å². The van der Waals surface area contributed by atoms with Crippen LogP contribution in [0.25, 0.3) is 11.4 Å². The van der Waals surface area contributed by atoms with Gasteiger partial charge in [-0.05, 0) is 44.4 Å². The molecule has 0 bridgehead atoms. The lowest BCUT2D eigenvalue weighted by Gasteiger charge is -2.34. The number of piperidine rings is 1. The zero-order valence-corrected chi connectivity index (χ0v) is 14.6. The molecule has 0 N–H and O–H groups in total. The molecule has 3 aromatic heterocycles. The van der Waals surface area contributed by atoms with E-state index in [0.717, 1.165) is 48.8 Å². The molecule has 1 saturated heterocycles. The number of aryl methyl sites for hydroxylation is 2. The lowest BCUT2D eigenvalue weighted by atomic mass is 10.1. The third-order valence-corrected chi connectivity index (χ3v) is 4.59. The molecule has 4 rings (SSSR count). The SMILES string of the molecule is Cc1cnn(C2CCCN(c3cc(C)nc(-c4cccnc4)n3)C2)c1. The van der Waals surface area contributed by atoms with Crippen molar-refractivity contribution in [3.8, 4) is 11.4 Å². The maximum absolute atomic E-state index is 4.81. The van der Waals surface area contributed by atoms with E-state index >= 15 is 0 Å². The number of pyridine rings is 1. The Morgan fingerprint density at radius 2 is 2.08 bits per heavy atom. The van der Waals surface area contributed by atoms with Crippen LogP contribution in [-0.4, -0.2) is 37.8 Å². The summed E-state index contributed by atoms with van der Waals surface area (Å²) in [6.07, 6.45) is 9.91. The van der Waals surface area contributed by atoms with Gasteiger partial charge in [0.15, 0.2) is 5.82 Å². The summed E-state index contributed by atoms with van der Waals surface area (Å²) >= 11 is 0. The zero-order chi connectivity index (χ0) is 17.2. The highest BCUT2D eigenvalue weighted by Gasteiger charge is 2.23. The Hall–Kier alpha value is -2.76. The minimum atomic E-state index is 0.388. The second-order valence-electron chi connectivity index (χ2n) is 6.67. The summed E-state index contributed by atoms with van der Waals surface area (Å²) in [4.78, 5) is 15.9. The monoisotopic (exact) mass is 334 g/mol. The first-order valence-electron chi connectivity index (χ1n) is 8.71. The molecular weight excluding hydrogens is 312 g/mol. The predicted molar refractivity (Wildman–Crippen MR) is 97.4 cm³/mol. The smallest absolute Gasteiger partial charge is 0.163 e. The van der Waals surface area contributed by atoms with Crippen LogP contribution in [0.3, 0.4) is 0 Å². The Labute approximate surface area is 147 Å². The molecule has 25 heavy (non-hydrogen) atoms. The second kappa shape index (κ2) is 6.63. The van der Waals surface area contributed by atoms with E-state index in [2.05, 4.69) is 43.8 Å². The lowest BCUT2D eigenvalue weighted by molar-refractivity contribution is 0.374. The minimum absolute atomic E-state index is 0.388. The predicted octanol–water partition coefficient (Wildman–Crippen LogP) is 3.19. The van der Waals surface area contributed by atoms with Crippen molar-refractivity contribution in [2.45, 2.75) is 32.7 Å². The van der Waals surface area contributed by atoms with Crippen LogP contribution in [0.5, 0.6) is 0 Å². The molecule has 1 fully saturated rings. The van der Waals surface area contributed by atoms with Crippen molar-refractivity contribution in [2.75, 3.05) is 18.0 Å². The Morgan fingerprint density at radius 3 is 2.84 bits per heavy atom. The van der Waals surface area contributed by atoms with Crippen molar-refractivity contribution in [3.63, 3.8) is 0 Å². The number of anilines is 1. The number of aromatic nitrogens is 5. The van der Waals surface area contributed by atoms with Crippen molar-refractivity contribution in [2.24, 2.45) is 0 Å². The average Bonchev–Trinajstić information content (AvgIpc) is 3.08. The van der Waals surface area contributed by atoms with Gasteiger partial charge >= 0.3 is 0 Å². The fourth-order valence-electron chi connectivity index (χ4n) is 3.35. The van der Waals surface area contributed by atoms with Gasteiger partial charge in [-0.25, -0.2) is 9.97 Å². The van der Waals surface area contributed by atoms with Crippen molar-refractivity contribution in [1.82, 2.24) is 24.7 Å². The van der Waals surface area contributed by atoms with Gasteiger partial charge in [0.2, 0.25) is 0 Å². The van der Waals surface area contributed by atoms with Crippen LogP contribution in [0.4, 0.5) is 5.82 Å². The highest BCUT2D eigenvalue weighted by Crippen LogP contribution is 2.26. The average molecular weight is 334 g/mol. The standard InChI is InChI=1S/C19H22N6/c1-14-10-21-25(12-14)17-6-4-8-24(13-17)18-9-15(2)22-19(23-18)16-5-3-7-20-11-16/h3,5,7,9-12,17H,4,6,8,13H2,1-2H3. The fraction of sp³-hybridized carbons (Fsp3) is 0.368. The zero-order valence-electron chi connectivity index (χ0n) is 14.6. The molecule has 0 aromatic carbocycles. The first-order valence-corrected chi connectivity index (χ1v) is 8.71. The molecule has 1 unspecified atom stereocenters. The highest BCUT2D eigenvalue weighted by atomic mass is 15.3. The first-order chi connectivity index (χ1) is 12.2. The van der Waals surface area contributed by atoms with Gasteiger partial charge in [0, 0.05) is 49.0 Å². The minimum Gasteiger partial charge on any atom is -0.354 e. The summed E-state index contributed by atoms with van der Waals surface area (Å²) in [6, 6.07) is 6.37. The first kappa shape index (κ1) is 15.7. The van der Waals surface area contributed by atoms with Crippen molar-refractivity contribution >= 4 is 5.82 Å². The topological polar surface area (TPSA) is 59.7 Å². The van der Waals surface area contributed by atoms with Crippen molar-refractivity contribution in [3.05, 3.63) is 54.2 Å². The summed E-state index contributed by atoms with van der Waals surface area (Å²) in [5, 5.41) is 4.50. The van der Waals surface area contributed by atoms with E-state index in [-0.39, 0.29) is 0 Å². The van der Waals surface area contributed by atoms with Crippen LogP contribution in [0.2, 0.25) is 0 Å². The molecule has 1 aliphatic rings. The van der Waals surface area contributed by atoms with E-state index in [1.54, 1.807) is 6.20 Å². The summed E-state index contributed by atoms with van der Waals surface area (Å²) in [6.45, 7) is 6.03. The molecule has 6 heteroatoms. The van der Waals surface area contributed by atoms with Gasteiger partial charge in [-0.2, -0.15) is 5.10 Å². The third kappa shape index (κ3) is 3.38. The largest absolute Gasteiger partial charge is 0.354 e. The summed E-state index contributed by atoms with van der Waals surface area (Å²) < 4.78 is 2.09. The van der Waals surface area contributed by atoms with E-state index in [9.17, 15) is 0 Å². The van der Waals surface area contributed by atoms with Gasteiger partial charge in [-0.1, -0.05) is 0 Å². The summed E-state index contributed by atoms with van der Waals surface area (Å²) in [5.74, 6) is 1.72. The Kier molecular flexibility index (Phi) is 4.17. The van der Waals surface area contributed by atoms with Crippen LogP contribution < -0.4 is 4.90 Å². The number of nitrogens with zero attached hydrogens (tertiary/aromatic N) is 6. The molecule has 0 aliphatic carbocycles. The Balaban J connectivity index is 1.61. The maximum atomic E-state index is 4.81. The molecule has 4 heterocycles. The fourth-order valence-corrected chi connectivity index (χ4v) is 3.35. The van der Waals surface area contributed by atoms with Crippen molar-refractivity contribution < 1.29 is 0 Å². The normalized spacial score (nSPS) is 17.7. The maximum Gasteiger partial charge on any atom is 0.163 e. The van der Waals surface area contributed by atoms with Gasteiger partial charge in [0.05, 0.1) is 12.2 Å². The molecule has 6 nitrogen and oxygen atoms in total. The van der Waals surface area contributed by atoms with E-state index in [1.165, 1.54) is 5.56 Å². The van der Waals surface area contributed by atoms with Crippen LogP contribution in [0, 0.1) is 13.8 Å². The molecule has 1 aliphatic heterocycles.